The van der Waals surface area contributed by atoms with Gasteiger partial charge in [-0.15, -0.1) is 0 Å². The maximum absolute atomic E-state index is 12.7. The van der Waals surface area contributed by atoms with Crippen LogP contribution in [0.5, 0.6) is 0 Å². The second-order valence-electron chi connectivity index (χ2n) is 5.83. The summed E-state index contributed by atoms with van der Waals surface area (Å²) in [4.78, 5) is 25.0. The zero-order chi connectivity index (χ0) is 16.9. The molecule has 1 N–H and O–H groups in total. The molecule has 5 nitrogen and oxygen atoms in total. The highest BCUT2D eigenvalue weighted by molar-refractivity contribution is 6.17. The summed E-state index contributed by atoms with van der Waals surface area (Å²) in [5, 5.41) is 13.6. The van der Waals surface area contributed by atoms with Gasteiger partial charge in [0, 0.05) is 18.7 Å². The minimum Gasteiger partial charge on any atom is -0.376 e. The van der Waals surface area contributed by atoms with Crippen molar-refractivity contribution in [2.24, 2.45) is 5.92 Å². The van der Waals surface area contributed by atoms with E-state index in [2.05, 4.69) is 5.32 Å². The van der Waals surface area contributed by atoms with Gasteiger partial charge >= 0.3 is 0 Å². The van der Waals surface area contributed by atoms with Crippen LogP contribution >= 0.6 is 0 Å². The summed E-state index contributed by atoms with van der Waals surface area (Å²) in [6.07, 6.45) is 1.83. The number of ketones is 1. The number of benzene rings is 2. The number of amides is 1. The molecule has 0 aliphatic carbocycles. The van der Waals surface area contributed by atoms with Crippen molar-refractivity contribution in [2.45, 2.75) is 18.9 Å². The number of hydrogen-bond acceptors (Lipinski definition) is 4. The number of carbonyl (C=O) groups excluding carboxylic acids is 2. The Labute approximate surface area is 140 Å². The molecule has 0 bridgehead atoms. The van der Waals surface area contributed by atoms with E-state index in [1.807, 2.05) is 36.4 Å². The van der Waals surface area contributed by atoms with Crippen molar-refractivity contribution in [1.82, 2.24) is 5.32 Å². The molecule has 0 aromatic heterocycles. The molecule has 2 atom stereocenters. The highest BCUT2D eigenvalue weighted by Gasteiger charge is 2.29. The highest BCUT2D eigenvalue weighted by Crippen LogP contribution is 2.21. The van der Waals surface area contributed by atoms with E-state index in [-0.39, 0.29) is 6.10 Å². The molecule has 5 heteroatoms. The van der Waals surface area contributed by atoms with Crippen LogP contribution in [0.1, 0.15) is 23.2 Å². The van der Waals surface area contributed by atoms with E-state index in [1.54, 1.807) is 12.1 Å². The number of nitrogens with zero attached hydrogens (tertiary/aromatic N) is 1. The summed E-state index contributed by atoms with van der Waals surface area (Å²) >= 11 is 0. The molecule has 0 saturated carbocycles. The lowest BCUT2D eigenvalue weighted by Crippen LogP contribution is -2.38. The van der Waals surface area contributed by atoms with Crippen LogP contribution in [0, 0.1) is 17.2 Å². The topological polar surface area (TPSA) is 79.2 Å². The standard InChI is InChI=1S/C19H18N2O3/c20-11-17(19(23)21-12-14-7-4-10-24-14)18(22)16-9-3-6-13-5-1-2-8-15(13)16/h1-3,5-6,8-9,14,17H,4,7,10,12H2,(H,21,23)/t14-,17-/m0/s1. The van der Waals surface area contributed by atoms with Gasteiger partial charge in [-0.3, -0.25) is 9.59 Å². The number of fused-ring (bicyclic) bond motifs is 1. The van der Waals surface area contributed by atoms with E-state index in [0.717, 1.165) is 23.6 Å². The van der Waals surface area contributed by atoms with E-state index in [4.69, 9.17) is 4.74 Å². The first kappa shape index (κ1) is 16.2. The van der Waals surface area contributed by atoms with Crippen molar-refractivity contribution >= 4 is 22.5 Å². The fourth-order valence-electron chi connectivity index (χ4n) is 2.95. The number of Topliss-reactive ketones (excluding diaryl/α,β-unsaturated/α-hetero) is 1. The molecule has 2 aromatic carbocycles. The monoisotopic (exact) mass is 322 g/mol. The molecule has 2 aromatic rings. The fraction of sp³-hybridized carbons (Fsp3) is 0.316. The van der Waals surface area contributed by atoms with Crippen molar-refractivity contribution in [2.75, 3.05) is 13.2 Å². The normalized spacial score (nSPS) is 18.0. The summed E-state index contributed by atoms with van der Waals surface area (Å²) in [6, 6.07) is 14.6. The van der Waals surface area contributed by atoms with Gasteiger partial charge in [-0.1, -0.05) is 42.5 Å². The van der Waals surface area contributed by atoms with E-state index in [0.29, 0.717) is 18.7 Å². The van der Waals surface area contributed by atoms with Crippen molar-refractivity contribution in [3.63, 3.8) is 0 Å². The van der Waals surface area contributed by atoms with Gasteiger partial charge in [0.15, 0.2) is 11.7 Å². The smallest absolute Gasteiger partial charge is 0.245 e. The summed E-state index contributed by atoms with van der Waals surface area (Å²) in [7, 11) is 0. The number of hydrogen-bond donors (Lipinski definition) is 1. The van der Waals surface area contributed by atoms with Crippen LogP contribution in [0.2, 0.25) is 0 Å². The van der Waals surface area contributed by atoms with Crippen LogP contribution in [-0.2, 0) is 9.53 Å². The lowest BCUT2D eigenvalue weighted by Gasteiger charge is -2.14. The summed E-state index contributed by atoms with van der Waals surface area (Å²) < 4.78 is 5.44. The van der Waals surface area contributed by atoms with Gasteiger partial charge in [-0.2, -0.15) is 5.26 Å². The molecule has 0 radical (unpaired) electrons. The Morgan fingerprint density at radius 2 is 2.04 bits per heavy atom. The maximum Gasteiger partial charge on any atom is 0.245 e. The van der Waals surface area contributed by atoms with Crippen LogP contribution in [0.15, 0.2) is 42.5 Å². The molecule has 24 heavy (non-hydrogen) atoms. The molecule has 1 aliphatic heterocycles. The van der Waals surface area contributed by atoms with E-state index in [9.17, 15) is 14.9 Å². The summed E-state index contributed by atoms with van der Waals surface area (Å²) in [5.74, 6) is -2.39. The molecule has 1 saturated heterocycles. The average Bonchev–Trinajstić information content (AvgIpc) is 3.13. The zero-order valence-corrected chi connectivity index (χ0v) is 13.2. The van der Waals surface area contributed by atoms with Crippen molar-refractivity contribution in [1.29, 1.82) is 5.26 Å². The Bertz CT molecular complexity index is 798. The summed E-state index contributed by atoms with van der Waals surface area (Å²) in [5.41, 5.74) is 0.395. The first-order valence-electron chi connectivity index (χ1n) is 8.01. The third-order valence-corrected chi connectivity index (χ3v) is 4.24. The maximum atomic E-state index is 12.7. The molecule has 0 spiro atoms. The molecule has 1 fully saturated rings. The first-order chi connectivity index (χ1) is 11.7. The number of nitriles is 1. The second-order valence-corrected chi connectivity index (χ2v) is 5.83. The van der Waals surface area contributed by atoms with Gasteiger partial charge in [0.05, 0.1) is 12.2 Å². The van der Waals surface area contributed by atoms with Gasteiger partial charge in [-0.25, -0.2) is 0 Å². The second kappa shape index (κ2) is 7.24. The lowest BCUT2D eigenvalue weighted by molar-refractivity contribution is -0.122. The van der Waals surface area contributed by atoms with Gasteiger partial charge in [0.25, 0.3) is 0 Å². The largest absolute Gasteiger partial charge is 0.376 e. The van der Waals surface area contributed by atoms with Crippen LogP contribution < -0.4 is 5.32 Å². The first-order valence-corrected chi connectivity index (χ1v) is 8.01. The number of ether oxygens (including phenoxy) is 1. The predicted molar refractivity (Wildman–Crippen MR) is 89.4 cm³/mol. The Kier molecular flexibility index (Phi) is 4.88. The van der Waals surface area contributed by atoms with Gasteiger partial charge < -0.3 is 10.1 Å². The highest BCUT2D eigenvalue weighted by atomic mass is 16.5. The van der Waals surface area contributed by atoms with E-state index >= 15 is 0 Å². The summed E-state index contributed by atoms with van der Waals surface area (Å²) in [6.45, 7) is 1.02. The number of carbonyl (C=O) groups is 2. The Hall–Kier alpha value is -2.71. The fourth-order valence-corrected chi connectivity index (χ4v) is 2.95. The van der Waals surface area contributed by atoms with Crippen LogP contribution in [0.4, 0.5) is 0 Å². The lowest BCUT2D eigenvalue weighted by atomic mass is 9.93. The third kappa shape index (κ3) is 3.29. The molecule has 0 unspecified atom stereocenters. The van der Waals surface area contributed by atoms with Crippen molar-refractivity contribution in [3.05, 3.63) is 48.0 Å². The van der Waals surface area contributed by atoms with E-state index in [1.165, 1.54) is 0 Å². The van der Waals surface area contributed by atoms with Gasteiger partial charge in [-0.05, 0) is 23.6 Å². The van der Waals surface area contributed by atoms with Gasteiger partial charge in [0.2, 0.25) is 5.91 Å². The van der Waals surface area contributed by atoms with Crippen LogP contribution in [-0.4, -0.2) is 30.9 Å². The quantitative estimate of drug-likeness (QED) is 0.677. The Morgan fingerprint density at radius 3 is 2.79 bits per heavy atom. The van der Waals surface area contributed by atoms with Crippen LogP contribution in [0.3, 0.4) is 0 Å². The molecule has 1 amide bonds. The van der Waals surface area contributed by atoms with E-state index < -0.39 is 17.6 Å². The Balaban J connectivity index is 1.78. The minimum atomic E-state index is -1.35. The molecule has 122 valence electrons. The van der Waals surface area contributed by atoms with Crippen molar-refractivity contribution < 1.29 is 14.3 Å². The van der Waals surface area contributed by atoms with Crippen LogP contribution in [0.25, 0.3) is 10.8 Å². The molecular weight excluding hydrogens is 304 g/mol. The number of rotatable bonds is 5. The average molecular weight is 322 g/mol. The predicted octanol–water partition coefficient (Wildman–Crippen LogP) is 2.46. The Morgan fingerprint density at radius 1 is 1.25 bits per heavy atom. The molecule has 3 rings (SSSR count). The molecular formula is C19H18N2O3. The van der Waals surface area contributed by atoms with Gasteiger partial charge in [0.1, 0.15) is 0 Å². The number of nitrogens with one attached hydrogen (secondary N) is 1. The van der Waals surface area contributed by atoms with Crippen molar-refractivity contribution in [3.8, 4) is 6.07 Å². The third-order valence-electron chi connectivity index (χ3n) is 4.24. The molecule has 1 heterocycles. The zero-order valence-electron chi connectivity index (χ0n) is 13.2. The molecule has 1 aliphatic rings. The SMILES string of the molecule is N#C[C@H](C(=O)NC[C@@H]1CCCO1)C(=O)c1cccc2ccccc12. The minimum absolute atomic E-state index is 0.0269.